The Labute approximate surface area is 362 Å². The molecule has 63 heavy (non-hydrogen) atoms. The molecule has 11 atom stereocenters. The molecule has 1 aromatic carbocycles. The molecule has 14 N–H and O–H groups in total. The zero-order valence-corrected chi connectivity index (χ0v) is 35.3. The number of phenolic OH excluding ortho intramolecular Hbond substituents is 1. The summed E-state index contributed by atoms with van der Waals surface area (Å²) in [6, 6.07) is -4.47. The van der Waals surface area contributed by atoms with Crippen molar-refractivity contribution in [2.24, 2.45) is 17.6 Å². The fraction of sp³-hybridized carbons (Fsp3) is 0.553. The zero-order valence-electron chi connectivity index (χ0n) is 34.5. The largest absolute Gasteiger partial charge is 0.608 e. The van der Waals surface area contributed by atoms with Crippen molar-refractivity contribution in [1.82, 2.24) is 47.1 Å². The number of nitrogens with one attached hydrogen (secondary N) is 8. The van der Waals surface area contributed by atoms with Gasteiger partial charge in [0.2, 0.25) is 52.3 Å². The first-order valence-electron chi connectivity index (χ1n) is 20.1. The molecule has 24 nitrogen and oxygen atoms in total. The van der Waals surface area contributed by atoms with Gasteiger partial charge in [-0.25, -0.2) is 0 Å². The summed E-state index contributed by atoms with van der Waals surface area (Å²) >= 11 is -2.78. The topological polar surface area (TPSA) is 387 Å². The number of hydrogen-bond donors (Lipinski definition) is 13. The molecule has 1 unspecified atom stereocenters. The van der Waals surface area contributed by atoms with E-state index in [0.29, 0.717) is 6.42 Å². The molecule has 1 aromatic heterocycles. The molecule has 1 fully saturated rings. The van der Waals surface area contributed by atoms with E-state index in [4.69, 9.17) is 5.73 Å². The number of carbonyl (C=O) groups excluding carboxylic acids is 9. The van der Waals surface area contributed by atoms with E-state index in [2.05, 4.69) is 42.2 Å². The molecule has 0 spiro atoms. The van der Waals surface area contributed by atoms with E-state index in [-0.39, 0.29) is 27.2 Å². The van der Waals surface area contributed by atoms with Crippen LogP contribution in [0.1, 0.15) is 45.6 Å². The van der Waals surface area contributed by atoms with Crippen LogP contribution in [0, 0.1) is 11.8 Å². The highest BCUT2D eigenvalue weighted by Gasteiger charge is 2.46. The Hall–Kier alpha value is -6.02. The van der Waals surface area contributed by atoms with Crippen molar-refractivity contribution < 1.29 is 68.1 Å². The van der Waals surface area contributed by atoms with Gasteiger partial charge >= 0.3 is 0 Å². The van der Waals surface area contributed by atoms with Gasteiger partial charge in [0.25, 0.3) is 11.3 Å². The van der Waals surface area contributed by atoms with Crippen LogP contribution in [0.2, 0.25) is 0 Å². The van der Waals surface area contributed by atoms with E-state index in [0.717, 1.165) is 4.90 Å². The third-order valence-electron chi connectivity index (χ3n) is 11.3. The van der Waals surface area contributed by atoms with Gasteiger partial charge in [-0.15, -0.1) is 0 Å². The molecular formula is C38H52N10O14S. The molecule has 0 saturated carbocycles. The number of aromatic nitrogens is 1. The molecule has 0 radical (unpaired) electrons. The molecule has 9 amide bonds. The summed E-state index contributed by atoms with van der Waals surface area (Å²) in [5.74, 6) is -11.8. The standard InChI is InChI=1S/C38H52N10O14S/c1-4-15(2)29-33(58)41-12-28(55)46-37-35(60)43-23(10-26(39)53)38(61)48-13-18(51)8-24(48)32(57)47-30(16(3)25(52)14-49)34(59)42-22(31(56)40-11-27(54)45-29)9-20-19-6-5-17(50)7-21(19)44-36(20)63(37)62/h5-7,15-16,18,22-25,29-30,37,44,49-52H,4,8-14H2,1-3H3,(H2,39,53)(H,40,56)(H,41,58)(H,42,59)(H,43,60)(H,45,54)(H,46,55)(H,47,57)/t15-,16-,18+,22-,23-,24-,25-,29-,30-,37-,63?/m0/s1. The van der Waals surface area contributed by atoms with Gasteiger partial charge in [0, 0.05) is 53.5 Å². The number of fused-ring (bicyclic) bond motifs is 4. The van der Waals surface area contributed by atoms with Crippen molar-refractivity contribution >= 4 is 75.2 Å². The van der Waals surface area contributed by atoms with Crippen LogP contribution in [-0.4, -0.2) is 162 Å². The summed E-state index contributed by atoms with van der Waals surface area (Å²) in [5, 5.41) is 56.0. The van der Waals surface area contributed by atoms with Crippen LogP contribution >= 0.6 is 0 Å². The average molecular weight is 905 g/mol. The van der Waals surface area contributed by atoms with Crippen molar-refractivity contribution in [1.29, 1.82) is 0 Å². The van der Waals surface area contributed by atoms with Crippen molar-refractivity contribution in [3.05, 3.63) is 23.8 Å². The molecule has 4 heterocycles. The number of rotatable bonds is 7. The quantitative estimate of drug-likeness (QED) is 0.115. The van der Waals surface area contributed by atoms with Crippen LogP contribution in [0.3, 0.4) is 0 Å². The minimum atomic E-state index is -2.78. The Balaban J connectivity index is 1.75. The lowest BCUT2D eigenvalue weighted by Gasteiger charge is -2.32. The maximum absolute atomic E-state index is 14.9. The number of aromatic hydroxyl groups is 1. The van der Waals surface area contributed by atoms with Gasteiger partial charge in [0.05, 0.1) is 43.8 Å². The minimum absolute atomic E-state index is 0.0394. The molecule has 2 bridgehead atoms. The lowest BCUT2D eigenvalue weighted by molar-refractivity contribution is -0.143. The van der Waals surface area contributed by atoms with Crippen LogP contribution < -0.4 is 43.0 Å². The van der Waals surface area contributed by atoms with Crippen LogP contribution in [0.4, 0.5) is 0 Å². The number of hydrogen-bond acceptors (Lipinski definition) is 14. The summed E-state index contributed by atoms with van der Waals surface area (Å²) in [5.41, 5.74) is 5.52. The molecule has 5 rings (SSSR count). The highest BCUT2D eigenvalue weighted by Crippen LogP contribution is 2.32. The van der Waals surface area contributed by atoms with Crippen molar-refractivity contribution in [3.8, 4) is 5.75 Å². The number of nitrogens with two attached hydrogens (primary N) is 1. The van der Waals surface area contributed by atoms with E-state index < -0.39 is 169 Å². The van der Waals surface area contributed by atoms with Crippen molar-refractivity contribution in [3.63, 3.8) is 0 Å². The predicted octanol–water partition coefficient (Wildman–Crippen LogP) is -5.96. The molecule has 344 valence electrons. The summed E-state index contributed by atoms with van der Waals surface area (Å²) in [7, 11) is 0. The third kappa shape index (κ3) is 11.1. The number of carbonyl (C=O) groups is 9. The Kier molecular flexibility index (Phi) is 15.6. The van der Waals surface area contributed by atoms with Crippen LogP contribution in [-0.2, 0) is 60.7 Å². The van der Waals surface area contributed by atoms with Gasteiger partial charge in [-0.3, -0.25) is 43.2 Å². The van der Waals surface area contributed by atoms with E-state index >= 15 is 0 Å². The van der Waals surface area contributed by atoms with Crippen LogP contribution in [0.15, 0.2) is 23.2 Å². The molecule has 3 aliphatic heterocycles. The number of aliphatic hydroxyl groups excluding tert-OH is 3. The number of benzene rings is 1. The second-order valence-corrected chi connectivity index (χ2v) is 17.2. The first-order chi connectivity index (χ1) is 29.7. The molecule has 1 saturated heterocycles. The first-order valence-corrected chi connectivity index (χ1v) is 21.3. The highest BCUT2D eigenvalue weighted by atomic mass is 32.2. The summed E-state index contributed by atoms with van der Waals surface area (Å²) in [4.78, 5) is 127. The minimum Gasteiger partial charge on any atom is -0.608 e. The van der Waals surface area contributed by atoms with E-state index in [9.17, 15) is 68.1 Å². The number of amides is 9. The van der Waals surface area contributed by atoms with Crippen LogP contribution in [0.25, 0.3) is 10.9 Å². The Morgan fingerprint density at radius 1 is 0.905 bits per heavy atom. The Bertz CT molecular complexity index is 2140. The number of H-pyrrole nitrogens is 1. The predicted molar refractivity (Wildman–Crippen MR) is 217 cm³/mol. The molecular weight excluding hydrogens is 853 g/mol. The number of nitrogens with zero attached hydrogens (tertiary/aromatic N) is 1. The van der Waals surface area contributed by atoms with E-state index in [1.807, 2.05) is 0 Å². The normalized spacial score (nSPS) is 28.6. The molecule has 3 aliphatic rings. The second-order valence-electron chi connectivity index (χ2n) is 15.8. The lowest BCUT2D eigenvalue weighted by Crippen LogP contribution is -2.62. The van der Waals surface area contributed by atoms with E-state index in [1.165, 1.54) is 25.1 Å². The second kappa shape index (κ2) is 20.4. The number of primary amides is 1. The van der Waals surface area contributed by atoms with E-state index in [1.54, 1.807) is 13.8 Å². The molecule has 25 heteroatoms. The van der Waals surface area contributed by atoms with Crippen LogP contribution in [0.5, 0.6) is 5.75 Å². The first kappa shape index (κ1) is 48.0. The molecule has 2 aromatic rings. The SMILES string of the molecule is CC[C@H](C)[C@@H]1NC(=O)CNC(=O)[C@@H]2Cc3c([nH]c4cc(O)ccc34)[S+]([O-])[C@H](NC(=O)CNC1=O)C(=O)N[C@@H](CC(N)=O)C(=O)N1C[C@H](O)C[C@H]1C(=O)N[C@@H]([C@@H](C)[C@@H](O)CO)C(=O)N2. The number of phenols is 1. The molecule has 0 aliphatic carbocycles. The van der Waals surface area contributed by atoms with Gasteiger partial charge in [-0.2, -0.15) is 0 Å². The smallest absolute Gasteiger partial charge is 0.295 e. The number of aromatic amines is 1. The van der Waals surface area contributed by atoms with Gasteiger partial charge in [0.15, 0.2) is 0 Å². The number of aliphatic hydroxyl groups is 3. The van der Waals surface area contributed by atoms with Gasteiger partial charge in [-0.1, -0.05) is 27.2 Å². The van der Waals surface area contributed by atoms with Crippen molar-refractivity contribution in [2.75, 3.05) is 26.2 Å². The fourth-order valence-electron chi connectivity index (χ4n) is 7.52. The third-order valence-corrected chi connectivity index (χ3v) is 12.8. The maximum atomic E-state index is 14.9. The Morgan fingerprint density at radius 3 is 2.22 bits per heavy atom. The summed E-state index contributed by atoms with van der Waals surface area (Å²) in [6.07, 6.45) is -4.58. The summed E-state index contributed by atoms with van der Waals surface area (Å²) < 4.78 is 14.9. The summed E-state index contributed by atoms with van der Waals surface area (Å²) in [6.45, 7) is 1.63. The fourth-order valence-corrected chi connectivity index (χ4v) is 8.91. The highest BCUT2D eigenvalue weighted by molar-refractivity contribution is 7.92. The lowest BCUT2D eigenvalue weighted by atomic mass is 9.93. The Morgan fingerprint density at radius 2 is 1.57 bits per heavy atom. The average Bonchev–Trinajstić information content (AvgIpc) is 3.81. The maximum Gasteiger partial charge on any atom is 0.295 e. The van der Waals surface area contributed by atoms with Gasteiger partial charge in [0.1, 0.15) is 36.0 Å². The zero-order chi connectivity index (χ0) is 46.4. The van der Waals surface area contributed by atoms with Gasteiger partial charge in [-0.05, 0) is 18.1 Å². The van der Waals surface area contributed by atoms with Gasteiger partial charge < -0.3 is 77.8 Å². The van der Waals surface area contributed by atoms with Crippen molar-refractivity contribution in [2.45, 2.75) is 99.3 Å². The monoisotopic (exact) mass is 904 g/mol.